The minimum atomic E-state index is -0.317. The van der Waals surface area contributed by atoms with E-state index < -0.39 is 0 Å². The standard InChI is InChI=1S/C14H16N4O2S/c15-11-9-4-3-5-16-14(9)21-12(11)13(20)17-8-10(19)18-6-1-2-7-18/h3-5H,1-2,6-8,15H2,(H,17,20). The topological polar surface area (TPSA) is 88.3 Å². The number of hydrogen-bond donors (Lipinski definition) is 2. The zero-order valence-electron chi connectivity index (χ0n) is 11.5. The van der Waals surface area contributed by atoms with Crippen molar-refractivity contribution in [3.05, 3.63) is 23.2 Å². The number of hydrogen-bond acceptors (Lipinski definition) is 5. The van der Waals surface area contributed by atoms with Crippen LogP contribution in [0.3, 0.4) is 0 Å². The second-order valence-electron chi connectivity index (χ2n) is 4.97. The smallest absolute Gasteiger partial charge is 0.264 e. The third kappa shape index (κ3) is 2.69. The first kappa shape index (κ1) is 13.8. The van der Waals surface area contributed by atoms with Crippen LogP contribution in [-0.4, -0.2) is 41.3 Å². The van der Waals surface area contributed by atoms with Crippen molar-refractivity contribution in [1.29, 1.82) is 0 Å². The summed E-state index contributed by atoms with van der Waals surface area (Å²) in [4.78, 5) is 31.2. The van der Waals surface area contributed by atoms with Gasteiger partial charge in [0.1, 0.15) is 9.71 Å². The molecule has 0 saturated carbocycles. The molecule has 0 radical (unpaired) electrons. The molecule has 2 aromatic heterocycles. The first-order valence-electron chi connectivity index (χ1n) is 6.86. The van der Waals surface area contributed by atoms with Crippen LogP contribution in [0.25, 0.3) is 10.2 Å². The lowest BCUT2D eigenvalue weighted by atomic mass is 10.2. The maximum atomic E-state index is 12.2. The van der Waals surface area contributed by atoms with Crippen molar-refractivity contribution in [1.82, 2.24) is 15.2 Å². The molecular weight excluding hydrogens is 288 g/mol. The summed E-state index contributed by atoms with van der Waals surface area (Å²) in [5.74, 6) is -0.360. The molecule has 0 bridgehead atoms. The fourth-order valence-corrected chi connectivity index (χ4v) is 3.41. The van der Waals surface area contributed by atoms with Crippen molar-refractivity contribution in [2.75, 3.05) is 25.4 Å². The predicted molar refractivity (Wildman–Crippen MR) is 82.2 cm³/mol. The summed E-state index contributed by atoms with van der Waals surface area (Å²) in [6, 6.07) is 3.62. The minimum Gasteiger partial charge on any atom is -0.397 e. The van der Waals surface area contributed by atoms with Gasteiger partial charge in [-0.25, -0.2) is 4.98 Å². The number of likely N-dealkylation sites (tertiary alicyclic amines) is 1. The Morgan fingerprint density at radius 2 is 2.14 bits per heavy atom. The van der Waals surface area contributed by atoms with Crippen LogP contribution >= 0.6 is 11.3 Å². The molecule has 1 aliphatic heterocycles. The average molecular weight is 304 g/mol. The first-order chi connectivity index (χ1) is 10.2. The highest BCUT2D eigenvalue weighted by molar-refractivity contribution is 7.21. The van der Waals surface area contributed by atoms with Crippen LogP contribution in [0.1, 0.15) is 22.5 Å². The van der Waals surface area contributed by atoms with E-state index >= 15 is 0 Å². The predicted octanol–water partition coefficient (Wildman–Crippen LogP) is 1.23. The molecule has 1 fully saturated rings. The second-order valence-corrected chi connectivity index (χ2v) is 5.97. The van der Waals surface area contributed by atoms with Gasteiger partial charge < -0.3 is 16.0 Å². The van der Waals surface area contributed by atoms with Gasteiger partial charge in [-0.05, 0) is 25.0 Å². The van der Waals surface area contributed by atoms with Crippen molar-refractivity contribution >= 4 is 39.1 Å². The fraction of sp³-hybridized carbons (Fsp3) is 0.357. The Morgan fingerprint density at radius 3 is 2.86 bits per heavy atom. The SMILES string of the molecule is Nc1c(C(=O)NCC(=O)N2CCCC2)sc2ncccc12. The molecule has 0 aliphatic carbocycles. The average Bonchev–Trinajstić information content (AvgIpc) is 3.13. The molecular formula is C14H16N4O2S. The summed E-state index contributed by atoms with van der Waals surface area (Å²) in [5.41, 5.74) is 6.41. The molecule has 2 aromatic rings. The summed E-state index contributed by atoms with van der Waals surface area (Å²) in [7, 11) is 0. The number of anilines is 1. The quantitative estimate of drug-likeness (QED) is 0.892. The number of aromatic nitrogens is 1. The molecule has 0 spiro atoms. The summed E-state index contributed by atoms with van der Waals surface area (Å²) < 4.78 is 0. The number of amides is 2. The fourth-order valence-electron chi connectivity index (χ4n) is 2.43. The maximum Gasteiger partial charge on any atom is 0.264 e. The van der Waals surface area contributed by atoms with Gasteiger partial charge in [0.25, 0.3) is 5.91 Å². The molecule has 110 valence electrons. The van der Waals surface area contributed by atoms with Gasteiger partial charge in [0.05, 0.1) is 12.2 Å². The number of nitrogens with zero attached hydrogens (tertiary/aromatic N) is 2. The third-order valence-corrected chi connectivity index (χ3v) is 4.70. The van der Waals surface area contributed by atoms with Crippen molar-refractivity contribution < 1.29 is 9.59 Å². The van der Waals surface area contributed by atoms with Gasteiger partial charge in [0, 0.05) is 24.7 Å². The van der Waals surface area contributed by atoms with Gasteiger partial charge >= 0.3 is 0 Å². The summed E-state index contributed by atoms with van der Waals surface area (Å²) in [6.07, 6.45) is 3.74. The zero-order valence-corrected chi connectivity index (χ0v) is 12.3. The van der Waals surface area contributed by atoms with Gasteiger partial charge in [0.2, 0.25) is 5.91 Å². The molecule has 3 heterocycles. The van der Waals surface area contributed by atoms with Crippen molar-refractivity contribution in [2.24, 2.45) is 0 Å². The van der Waals surface area contributed by atoms with E-state index in [9.17, 15) is 9.59 Å². The molecule has 0 aromatic carbocycles. The Balaban J connectivity index is 1.69. The van der Waals surface area contributed by atoms with Crippen LogP contribution in [0.15, 0.2) is 18.3 Å². The van der Waals surface area contributed by atoms with Crippen LogP contribution in [0.5, 0.6) is 0 Å². The van der Waals surface area contributed by atoms with Gasteiger partial charge in [-0.15, -0.1) is 11.3 Å². The zero-order chi connectivity index (χ0) is 14.8. The van der Waals surface area contributed by atoms with Gasteiger partial charge in [-0.2, -0.15) is 0 Å². The Morgan fingerprint density at radius 1 is 1.38 bits per heavy atom. The van der Waals surface area contributed by atoms with E-state index in [1.54, 1.807) is 17.2 Å². The van der Waals surface area contributed by atoms with Crippen LogP contribution in [-0.2, 0) is 4.79 Å². The number of nitrogens with two attached hydrogens (primary N) is 1. The molecule has 1 saturated heterocycles. The van der Waals surface area contributed by atoms with Gasteiger partial charge in [-0.1, -0.05) is 0 Å². The largest absolute Gasteiger partial charge is 0.397 e. The normalized spacial score (nSPS) is 14.6. The molecule has 2 amide bonds. The molecule has 1 aliphatic rings. The molecule has 3 rings (SSSR count). The summed E-state index contributed by atoms with van der Waals surface area (Å²) in [6.45, 7) is 1.58. The minimum absolute atomic E-state index is 0.0138. The van der Waals surface area contributed by atoms with Crippen molar-refractivity contribution in [2.45, 2.75) is 12.8 Å². The highest BCUT2D eigenvalue weighted by Gasteiger charge is 2.20. The Labute approximate surface area is 125 Å². The Bertz CT molecular complexity index is 691. The van der Waals surface area contributed by atoms with E-state index in [-0.39, 0.29) is 18.4 Å². The number of carbonyl (C=O) groups excluding carboxylic acids is 2. The van der Waals surface area contributed by atoms with Crippen molar-refractivity contribution in [3.63, 3.8) is 0 Å². The van der Waals surface area contributed by atoms with Gasteiger partial charge in [0.15, 0.2) is 0 Å². The second kappa shape index (κ2) is 5.69. The number of thiophene rings is 1. The van der Waals surface area contributed by atoms with E-state index in [1.165, 1.54) is 11.3 Å². The van der Waals surface area contributed by atoms with Gasteiger partial charge in [-0.3, -0.25) is 9.59 Å². The number of rotatable bonds is 3. The van der Waals surface area contributed by atoms with Crippen LogP contribution in [0.4, 0.5) is 5.69 Å². The summed E-state index contributed by atoms with van der Waals surface area (Å²) >= 11 is 1.24. The lowest BCUT2D eigenvalue weighted by Crippen LogP contribution is -2.38. The van der Waals surface area contributed by atoms with E-state index in [4.69, 9.17) is 5.73 Å². The highest BCUT2D eigenvalue weighted by Crippen LogP contribution is 2.31. The Hall–Kier alpha value is -2.15. The maximum absolute atomic E-state index is 12.2. The Kier molecular flexibility index (Phi) is 3.74. The number of nitrogens with one attached hydrogen (secondary N) is 1. The number of pyridine rings is 1. The highest BCUT2D eigenvalue weighted by atomic mass is 32.1. The lowest BCUT2D eigenvalue weighted by Gasteiger charge is -2.15. The lowest BCUT2D eigenvalue weighted by molar-refractivity contribution is -0.129. The van der Waals surface area contributed by atoms with E-state index in [1.807, 2.05) is 6.07 Å². The van der Waals surface area contributed by atoms with Crippen molar-refractivity contribution in [3.8, 4) is 0 Å². The number of fused-ring (bicyclic) bond motifs is 1. The molecule has 6 nitrogen and oxygen atoms in total. The molecule has 7 heteroatoms. The van der Waals surface area contributed by atoms with Crippen LogP contribution in [0, 0.1) is 0 Å². The molecule has 21 heavy (non-hydrogen) atoms. The molecule has 3 N–H and O–H groups in total. The van der Waals surface area contributed by atoms with E-state index in [0.717, 1.165) is 36.1 Å². The third-order valence-electron chi connectivity index (χ3n) is 3.57. The van der Waals surface area contributed by atoms with E-state index in [2.05, 4.69) is 10.3 Å². The molecule has 0 unspecified atom stereocenters. The van der Waals surface area contributed by atoms with Crippen LogP contribution in [0.2, 0.25) is 0 Å². The van der Waals surface area contributed by atoms with E-state index in [0.29, 0.717) is 10.6 Å². The number of nitrogen functional groups attached to an aromatic ring is 1. The monoisotopic (exact) mass is 304 g/mol. The summed E-state index contributed by atoms with van der Waals surface area (Å²) in [5, 5.41) is 3.43. The first-order valence-corrected chi connectivity index (χ1v) is 7.67. The molecule has 0 atom stereocenters. The van der Waals surface area contributed by atoms with Crippen LogP contribution < -0.4 is 11.1 Å². The number of carbonyl (C=O) groups is 2.